The molecule has 8 heteroatoms. The van der Waals surface area contributed by atoms with Gasteiger partial charge in [0, 0.05) is 29.5 Å². The molecule has 0 bridgehead atoms. The van der Waals surface area contributed by atoms with Crippen molar-refractivity contribution in [2.75, 3.05) is 5.32 Å². The van der Waals surface area contributed by atoms with E-state index in [4.69, 9.17) is 0 Å². The minimum atomic E-state index is -0.415. The van der Waals surface area contributed by atoms with Gasteiger partial charge in [-0.1, -0.05) is 18.2 Å². The van der Waals surface area contributed by atoms with Gasteiger partial charge >= 0.3 is 0 Å². The number of hydrogen-bond acceptors (Lipinski definition) is 4. The third-order valence-electron chi connectivity index (χ3n) is 3.92. The van der Waals surface area contributed by atoms with Gasteiger partial charge < -0.3 is 5.32 Å². The van der Waals surface area contributed by atoms with E-state index < -0.39 is 5.82 Å². The summed E-state index contributed by atoms with van der Waals surface area (Å²) in [7, 11) is 0. The van der Waals surface area contributed by atoms with Crippen LogP contribution in [0.3, 0.4) is 0 Å². The molecule has 0 aliphatic heterocycles. The SMILES string of the molecule is O=C(CCc1csc(NC(=O)c2ccc(F)cc2)n1)NCc1ccccc1F. The van der Waals surface area contributed by atoms with Gasteiger partial charge in [0.2, 0.25) is 5.91 Å². The van der Waals surface area contributed by atoms with Crippen LogP contribution in [0, 0.1) is 11.6 Å². The van der Waals surface area contributed by atoms with Crippen molar-refractivity contribution in [3.05, 3.63) is 82.4 Å². The molecule has 28 heavy (non-hydrogen) atoms. The van der Waals surface area contributed by atoms with Gasteiger partial charge in [0.1, 0.15) is 11.6 Å². The summed E-state index contributed by atoms with van der Waals surface area (Å²) in [6.07, 6.45) is 0.593. The number of amides is 2. The molecular weight excluding hydrogens is 384 g/mol. The molecule has 0 aliphatic carbocycles. The number of aromatic nitrogens is 1. The summed E-state index contributed by atoms with van der Waals surface area (Å²) in [5, 5.41) is 7.47. The quantitative estimate of drug-likeness (QED) is 0.630. The number of rotatable bonds is 7. The van der Waals surface area contributed by atoms with Gasteiger partial charge in [-0.3, -0.25) is 14.9 Å². The maximum absolute atomic E-state index is 13.5. The number of aryl methyl sites for hydroxylation is 1. The zero-order valence-corrected chi connectivity index (χ0v) is 15.6. The van der Waals surface area contributed by atoms with Crippen LogP contribution in [0.5, 0.6) is 0 Å². The number of carbonyl (C=O) groups is 2. The standard InChI is InChI=1S/C20H17F2N3O2S/c21-15-7-5-13(6-8-15)19(27)25-20-24-16(12-28-20)9-10-18(26)23-11-14-3-1-2-4-17(14)22/h1-8,12H,9-11H2,(H,23,26)(H,24,25,27). The van der Waals surface area contributed by atoms with E-state index in [1.165, 1.54) is 41.7 Å². The van der Waals surface area contributed by atoms with Crippen LogP contribution in [0.2, 0.25) is 0 Å². The van der Waals surface area contributed by atoms with Crippen LogP contribution in [0.1, 0.15) is 28.0 Å². The first-order valence-electron chi connectivity index (χ1n) is 8.52. The van der Waals surface area contributed by atoms with Gasteiger partial charge in [-0.25, -0.2) is 13.8 Å². The Morgan fingerprint density at radius 1 is 1.04 bits per heavy atom. The highest BCUT2D eigenvalue weighted by atomic mass is 32.1. The Balaban J connectivity index is 1.46. The molecule has 0 unspecified atom stereocenters. The van der Waals surface area contributed by atoms with E-state index in [-0.39, 0.29) is 30.6 Å². The maximum Gasteiger partial charge on any atom is 0.257 e. The Kier molecular flexibility index (Phi) is 6.44. The molecule has 2 N–H and O–H groups in total. The van der Waals surface area contributed by atoms with Crippen LogP contribution in [0.4, 0.5) is 13.9 Å². The van der Waals surface area contributed by atoms with Crippen LogP contribution in [-0.2, 0) is 17.8 Å². The molecule has 2 amide bonds. The first-order valence-corrected chi connectivity index (χ1v) is 9.40. The predicted molar refractivity (Wildman–Crippen MR) is 103 cm³/mol. The van der Waals surface area contributed by atoms with Crippen molar-refractivity contribution >= 4 is 28.3 Å². The molecule has 0 aliphatic rings. The number of nitrogens with one attached hydrogen (secondary N) is 2. The second kappa shape index (κ2) is 9.18. The number of carbonyl (C=O) groups excluding carboxylic acids is 2. The topological polar surface area (TPSA) is 71.1 Å². The van der Waals surface area contributed by atoms with Crippen molar-refractivity contribution in [1.82, 2.24) is 10.3 Å². The van der Waals surface area contributed by atoms with Crippen LogP contribution in [-0.4, -0.2) is 16.8 Å². The number of nitrogens with zero attached hydrogens (tertiary/aromatic N) is 1. The third-order valence-corrected chi connectivity index (χ3v) is 4.73. The first-order chi connectivity index (χ1) is 13.5. The fourth-order valence-corrected chi connectivity index (χ4v) is 3.16. The van der Waals surface area contributed by atoms with Crippen molar-refractivity contribution in [2.24, 2.45) is 0 Å². The number of hydrogen-bond donors (Lipinski definition) is 2. The van der Waals surface area contributed by atoms with Gasteiger partial charge in [-0.2, -0.15) is 0 Å². The van der Waals surface area contributed by atoms with Gasteiger partial charge in [-0.15, -0.1) is 11.3 Å². The summed E-state index contributed by atoms with van der Waals surface area (Å²) < 4.78 is 26.4. The van der Waals surface area contributed by atoms with Crippen molar-refractivity contribution in [2.45, 2.75) is 19.4 Å². The molecular formula is C20H17F2N3O2S. The van der Waals surface area contributed by atoms with Crippen LogP contribution >= 0.6 is 11.3 Å². The lowest BCUT2D eigenvalue weighted by molar-refractivity contribution is -0.121. The summed E-state index contributed by atoms with van der Waals surface area (Å²) in [4.78, 5) is 28.3. The van der Waals surface area contributed by atoms with E-state index in [1.54, 1.807) is 23.6 Å². The Morgan fingerprint density at radius 2 is 1.79 bits per heavy atom. The first kappa shape index (κ1) is 19.6. The molecule has 0 fully saturated rings. The maximum atomic E-state index is 13.5. The highest BCUT2D eigenvalue weighted by molar-refractivity contribution is 7.14. The third kappa shape index (κ3) is 5.43. The van der Waals surface area contributed by atoms with E-state index in [0.29, 0.717) is 28.4 Å². The Labute approximate surface area is 164 Å². The zero-order chi connectivity index (χ0) is 19.9. The Bertz CT molecular complexity index is 974. The van der Waals surface area contributed by atoms with Crippen LogP contribution in [0.15, 0.2) is 53.9 Å². The average molecular weight is 401 g/mol. The van der Waals surface area contributed by atoms with Crippen LogP contribution in [0.25, 0.3) is 0 Å². The summed E-state index contributed by atoms with van der Waals surface area (Å²) in [6.45, 7) is 0.127. The largest absolute Gasteiger partial charge is 0.352 e. The van der Waals surface area contributed by atoms with E-state index in [0.717, 1.165) is 0 Å². The molecule has 3 rings (SSSR count). The lowest BCUT2D eigenvalue weighted by atomic mass is 10.2. The second-order valence-electron chi connectivity index (χ2n) is 5.97. The van der Waals surface area contributed by atoms with E-state index in [9.17, 15) is 18.4 Å². The smallest absolute Gasteiger partial charge is 0.257 e. The lowest BCUT2D eigenvalue weighted by Crippen LogP contribution is -2.23. The van der Waals surface area contributed by atoms with Crippen molar-refractivity contribution in [1.29, 1.82) is 0 Å². The van der Waals surface area contributed by atoms with Crippen LogP contribution < -0.4 is 10.6 Å². The molecule has 0 saturated carbocycles. The number of halogens is 2. The van der Waals surface area contributed by atoms with Crippen molar-refractivity contribution in [3.8, 4) is 0 Å². The summed E-state index contributed by atoms with van der Waals surface area (Å²) in [5.41, 5.74) is 1.42. The van der Waals surface area contributed by atoms with Crippen molar-refractivity contribution in [3.63, 3.8) is 0 Å². The number of thiazole rings is 1. The summed E-state index contributed by atoms with van der Waals surface area (Å²) >= 11 is 1.24. The Hall–Kier alpha value is -3.13. The molecule has 0 saturated heterocycles. The predicted octanol–water partition coefficient (Wildman–Crippen LogP) is 3.92. The summed E-state index contributed by atoms with van der Waals surface area (Å²) in [5.74, 6) is -1.37. The second-order valence-corrected chi connectivity index (χ2v) is 6.83. The van der Waals surface area contributed by atoms with Crippen molar-refractivity contribution < 1.29 is 18.4 Å². The molecule has 1 heterocycles. The highest BCUT2D eigenvalue weighted by Gasteiger charge is 2.11. The van der Waals surface area contributed by atoms with E-state index in [2.05, 4.69) is 15.6 Å². The fraction of sp³-hybridized carbons (Fsp3) is 0.150. The minimum absolute atomic E-state index is 0.127. The Morgan fingerprint density at radius 3 is 2.54 bits per heavy atom. The number of benzene rings is 2. The molecule has 3 aromatic rings. The lowest BCUT2D eigenvalue weighted by Gasteiger charge is -2.05. The molecule has 144 valence electrons. The molecule has 5 nitrogen and oxygen atoms in total. The fourth-order valence-electron chi connectivity index (χ4n) is 2.42. The monoisotopic (exact) mass is 401 g/mol. The molecule has 0 radical (unpaired) electrons. The molecule has 0 spiro atoms. The molecule has 1 aromatic heterocycles. The molecule has 2 aromatic carbocycles. The summed E-state index contributed by atoms with van der Waals surface area (Å²) in [6, 6.07) is 11.5. The number of anilines is 1. The van der Waals surface area contributed by atoms with Gasteiger partial charge in [0.15, 0.2) is 5.13 Å². The zero-order valence-electron chi connectivity index (χ0n) is 14.7. The normalized spacial score (nSPS) is 10.5. The minimum Gasteiger partial charge on any atom is -0.352 e. The highest BCUT2D eigenvalue weighted by Crippen LogP contribution is 2.18. The van der Waals surface area contributed by atoms with Gasteiger partial charge in [0.05, 0.1) is 5.69 Å². The molecule has 0 atom stereocenters. The van der Waals surface area contributed by atoms with Gasteiger partial charge in [0.25, 0.3) is 5.91 Å². The average Bonchev–Trinajstić information content (AvgIpc) is 3.13. The van der Waals surface area contributed by atoms with E-state index >= 15 is 0 Å². The van der Waals surface area contributed by atoms with Gasteiger partial charge in [-0.05, 0) is 36.8 Å². The van der Waals surface area contributed by atoms with E-state index in [1.807, 2.05) is 0 Å².